The Balaban J connectivity index is 2.77. The molecule has 0 N–H and O–H groups in total. The first-order chi connectivity index (χ1) is 5.47. The van der Waals surface area contributed by atoms with Crippen LogP contribution in [0.2, 0.25) is 0 Å². The lowest BCUT2D eigenvalue weighted by molar-refractivity contribution is -0.0691. The van der Waals surface area contributed by atoms with Gasteiger partial charge in [0.1, 0.15) is 5.75 Å². The normalized spacial score (nSPS) is 11.3. The number of rotatable bonds is 2. The predicted octanol–water partition coefficient (Wildman–Crippen LogP) is 3.36. The van der Waals surface area contributed by atoms with Crippen LogP contribution in [-0.4, -0.2) is 4.12 Å². The average Bonchev–Trinajstić information content (AvgIpc) is 1.82. The van der Waals surface area contributed by atoms with Gasteiger partial charge in [0, 0.05) is 0 Å². The van der Waals surface area contributed by atoms with Gasteiger partial charge in [-0.1, -0.05) is 12.1 Å². The minimum Gasteiger partial charge on any atom is -0.425 e. The van der Waals surface area contributed by atoms with Gasteiger partial charge in [-0.3, -0.25) is 0 Å². The minimum atomic E-state index is -3.13. The van der Waals surface area contributed by atoms with Crippen molar-refractivity contribution in [3.05, 3.63) is 29.8 Å². The zero-order chi connectivity index (χ0) is 9.19. The Labute approximate surface area is 82.9 Å². The Kier molecular flexibility index (Phi) is 2.87. The number of ether oxygens (including phenoxy) is 1. The van der Waals surface area contributed by atoms with E-state index in [0.29, 0.717) is 0 Å². The molecule has 1 aromatic rings. The van der Waals surface area contributed by atoms with Crippen molar-refractivity contribution in [3.63, 3.8) is 0 Å². The molecule has 0 saturated carbocycles. The summed E-state index contributed by atoms with van der Waals surface area (Å²) in [7, 11) is 0. The topological polar surface area (TPSA) is 9.23 Å². The van der Waals surface area contributed by atoms with Crippen LogP contribution in [-0.2, 0) is 0 Å². The lowest BCUT2D eigenvalue weighted by Crippen LogP contribution is -2.14. The molecular weight excluding hydrogens is 277 g/mol. The molecule has 0 saturated heterocycles. The summed E-state index contributed by atoms with van der Waals surface area (Å²) >= 11 is 0.936. The van der Waals surface area contributed by atoms with Crippen LogP contribution in [0.4, 0.5) is 8.78 Å². The van der Waals surface area contributed by atoms with Crippen LogP contribution >= 0.6 is 22.6 Å². The second kappa shape index (κ2) is 3.55. The maximum Gasteiger partial charge on any atom is 0.451 e. The first-order valence-electron chi connectivity index (χ1n) is 3.30. The van der Waals surface area contributed by atoms with Gasteiger partial charge in [0.15, 0.2) is 0 Å². The monoisotopic (exact) mass is 284 g/mol. The Morgan fingerprint density at radius 2 is 2.08 bits per heavy atom. The minimum absolute atomic E-state index is 0.189. The fraction of sp³-hybridized carbons (Fsp3) is 0.250. The van der Waals surface area contributed by atoms with Gasteiger partial charge in [0.25, 0.3) is 0 Å². The number of hydrogen-bond acceptors (Lipinski definition) is 1. The zero-order valence-electron chi connectivity index (χ0n) is 6.35. The quantitative estimate of drug-likeness (QED) is 0.597. The molecule has 66 valence electrons. The van der Waals surface area contributed by atoms with E-state index >= 15 is 0 Å². The number of alkyl halides is 3. The average molecular weight is 284 g/mol. The van der Waals surface area contributed by atoms with Crippen molar-refractivity contribution in [3.8, 4) is 5.75 Å². The third kappa shape index (κ3) is 3.34. The Morgan fingerprint density at radius 1 is 1.42 bits per heavy atom. The second-order valence-electron chi connectivity index (χ2n) is 2.36. The summed E-state index contributed by atoms with van der Waals surface area (Å²) in [5, 5.41) is 0. The van der Waals surface area contributed by atoms with Gasteiger partial charge < -0.3 is 4.74 Å². The van der Waals surface area contributed by atoms with Crippen LogP contribution in [0.5, 0.6) is 5.75 Å². The van der Waals surface area contributed by atoms with Gasteiger partial charge in [-0.2, -0.15) is 8.78 Å². The largest absolute Gasteiger partial charge is 0.451 e. The predicted molar refractivity (Wildman–Crippen MR) is 50.8 cm³/mol. The molecule has 4 heteroatoms. The highest BCUT2D eigenvalue weighted by molar-refractivity contribution is 14.1. The van der Waals surface area contributed by atoms with Crippen LogP contribution in [0.1, 0.15) is 5.56 Å². The molecule has 1 rings (SSSR count). The molecule has 0 aliphatic heterocycles. The highest BCUT2D eigenvalue weighted by Crippen LogP contribution is 2.27. The van der Waals surface area contributed by atoms with Gasteiger partial charge in [-0.15, -0.1) is 0 Å². The van der Waals surface area contributed by atoms with E-state index in [1.54, 1.807) is 12.1 Å². The molecule has 1 aromatic carbocycles. The Bertz CT molecular complexity index is 270. The van der Waals surface area contributed by atoms with Crippen LogP contribution in [0, 0.1) is 6.92 Å². The summed E-state index contributed by atoms with van der Waals surface area (Å²) in [6.45, 7) is 1.82. The van der Waals surface area contributed by atoms with Crippen molar-refractivity contribution in [1.82, 2.24) is 0 Å². The first-order valence-corrected chi connectivity index (χ1v) is 4.38. The fourth-order valence-electron chi connectivity index (χ4n) is 0.812. The summed E-state index contributed by atoms with van der Waals surface area (Å²) in [5.74, 6) is 0.189. The number of benzene rings is 1. The standard InChI is InChI=1S/C8H7F2IO/c1-6-3-2-4-7(5-6)12-8(9,10)11/h2-5H,1H3. The summed E-state index contributed by atoms with van der Waals surface area (Å²) in [6, 6.07) is 6.55. The lowest BCUT2D eigenvalue weighted by Gasteiger charge is -2.10. The van der Waals surface area contributed by atoms with Gasteiger partial charge >= 0.3 is 4.12 Å². The molecule has 0 amide bonds. The highest BCUT2D eigenvalue weighted by Gasteiger charge is 2.25. The van der Waals surface area contributed by atoms with Crippen LogP contribution < -0.4 is 4.74 Å². The molecule has 0 unspecified atom stereocenters. The van der Waals surface area contributed by atoms with E-state index in [0.717, 1.165) is 28.2 Å². The van der Waals surface area contributed by atoms with E-state index in [2.05, 4.69) is 4.74 Å². The van der Waals surface area contributed by atoms with E-state index in [1.807, 2.05) is 13.0 Å². The fourth-order valence-corrected chi connectivity index (χ4v) is 1.07. The SMILES string of the molecule is Cc1cccc(OC(F)(F)I)c1. The maximum atomic E-state index is 12.3. The Hall–Kier alpha value is -0.390. The summed E-state index contributed by atoms with van der Waals surface area (Å²) < 4.78 is 25.8. The molecule has 0 heterocycles. The van der Waals surface area contributed by atoms with Gasteiger partial charge in [-0.25, -0.2) is 0 Å². The smallest absolute Gasteiger partial charge is 0.425 e. The third-order valence-electron chi connectivity index (χ3n) is 1.22. The van der Waals surface area contributed by atoms with Gasteiger partial charge in [-0.05, 0) is 24.6 Å². The van der Waals surface area contributed by atoms with E-state index in [-0.39, 0.29) is 5.75 Å². The molecule has 1 nitrogen and oxygen atoms in total. The maximum absolute atomic E-state index is 12.3. The lowest BCUT2D eigenvalue weighted by atomic mass is 10.2. The zero-order valence-corrected chi connectivity index (χ0v) is 8.51. The number of aryl methyl sites for hydroxylation is 1. The van der Waals surface area contributed by atoms with Crippen molar-refractivity contribution < 1.29 is 13.5 Å². The molecule has 0 aromatic heterocycles. The molecule has 12 heavy (non-hydrogen) atoms. The molecule has 0 atom stereocenters. The van der Waals surface area contributed by atoms with E-state index in [4.69, 9.17) is 0 Å². The van der Waals surface area contributed by atoms with Gasteiger partial charge in [0.2, 0.25) is 0 Å². The van der Waals surface area contributed by atoms with Crippen molar-refractivity contribution in [1.29, 1.82) is 0 Å². The highest BCUT2D eigenvalue weighted by atomic mass is 127. The van der Waals surface area contributed by atoms with E-state index in [9.17, 15) is 8.78 Å². The van der Waals surface area contributed by atoms with Crippen LogP contribution in [0.25, 0.3) is 0 Å². The Morgan fingerprint density at radius 3 is 2.58 bits per heavy atom. The second-order valence-corrected chi connectivity index (χ2v) is 3.62. The van der Waals surface area contributed by atoms with Gasteiger partial charge in [0.05, 0.1) is 22.6 Å². The van der Waals surface area contributed by atoms with Crippen LogP contribution in [0.15, 0.2) is 24.3 Å². The molecule has 0 aliphatic carbocycles. The summed E-state index contributed by atoms with van der Waals surface area (Å²) in [6.07, 6.45) is 0. The molecule has 0 fully saturated rings. The van der Waals surface area contributed by atoms with E-state index in [1.165, 1.54) is 6.07 Å². The molecule has 0 aliphatic rings. The third-order valence-corrected chi connectivity index (χ3v) is 1.44. The summed E-state index contributed by atoms with van der Waals surface area (Å²) in [4.78, 5) is 0. The first kappa shape index (κ1) is 9.70. The van der Waals surface area contributed by atoms with E-state index < -0.39 is 4.12 Å². The molecule has 0 spiro atoms. The van der Waals surface area contributed by atoms with Crippen molar-refractivity contribution in [2.75, 3.05) is 0 Å². The van der Waals surface area contributed by atoms with Crippen molar-refractivity contribution in [2.45, 2.75) is 11.0 Å². The van der Waals surface area contributed by atoms with Crippen molar-refractivity contribution in [2.24, 2.45) is 0 Å². The molecule has 0 bridgehead atoms. The number of halogens is 3. The van der Waals surface area contributed by atoms with Crippen molar-refractivity contribution >= 4 is 22.6 Å². The molecular formula is C8H7F2IO. The number of hydrogen-bond donors (Lipinski definition) is 0. The van der Waals surface area contributed by atoms with Crippen LogP contribution in [0.3, 0.4) is 0 Å². The molecule has 0 radical (unpaired) electrons. The summed E-state index contributed by atoms with van der Waals surface area (Å²) in [5.41, 5.74) is 0.896.